The zero-order valence-corrected chi connectivity index (χ0v) is 12.9. The Labute approximate surface area is 125 Å². The predicted octanol–water partition coefficient (Wildman–Crippen LogP) is 0.372. The molecule has 1 aliphatic rings. The Hall–Kier alpha value is -1.44. The fourth-order valence-corrected chi connectivity index (χ4v) is 3.57. The van der Waals surface area contributed by atoms with Crippen molar-refractivity contribution in [3.05, 3.63) is 29.3 Å². The minimum Gasteiger partial charge on any atom is -0.366 e. The molecule has 4 N–H and O–H groups in total. The number of carbonyl (C=O) groups excluding carboxylic acids is 1. The number of sulfonamides is 1. The molecule has 1 fully saturated rings. The first-order valence-corrected chi connectivity index (χ1v) is 8.49. The molecule has 0 atom stereocenters. The molecule has 0 bridgehead atoms. The zero-order valence-electron chi connectivity index (χ0n) is 12.1. The van der Waals surface area contributed by atoms with Gasteiger partial charge in [-0.2, -0.15) is 0 Å². The number of nitrogens with two attached hydrogens (primary N) is 1. The van der Waals surface area contributed by atoms with E-state index in [-0.39, 0.29) is 10.5 Å². The molecule has 1 heterocycles. The maximum Gasteiger partial charge on any atom is 0.249 e. The summed E-state index contributed by atoms with van der Waals surface area (Å²) in [5, 5.41) is 3.24. The van der Waals surface area contributed by atoms with E-state index in [1.165, 1.54) is 12.1 Å². The van der Waals surface area contributed by atoms with Gasteiger partial charge in [-0.05, 0) is 56.5 Å². The minimum absolute atomic E-state index is 0.0795. The lowest BCUT2D eigenvalue weighted by Crippen LogP contribution is -2.36. The van der Waals surface area contributed by atoms with Crippen molar-refractivity contribution in [1.82, 2.24) is 10.0 Å². The van der Waals surface area contributed by atoms with E-state index in [0.717, 1.165) is 25.9 Å². The van der Waals surface area contributed by atoms with Crippen molar-refractivity contribution < 1.29 is 13.2 Å². The van der Waals surface area contributed by atoms with E-state index in [2.05, 4.69) is 10.0 Å². The molecule has 0 aliphatic carbocycles. The maximum absolute atomic E-state index is 12.3. The van der Waals surface area contributed by atoms with Crippen molar-refractivity contribution in [2.45, 2.75) is 24.7 Å². The van der Waals surface area contributed by atoms with E-state index < -0.39 is 15.9 Å². The molecule has 2 rings (SSSR count). The Morgan fingerprint density at radius 3 is 2.67 bits per heavy atom. The minimum atomic E-state index is -3.61. The van der Waals surface area contributed by atoms with E-state index >= 15 is 0 Å². The van der Waals surface area contributed by atoms with E-state index in [0.29, 0.717) is 18.0 Å². The van der Waals surface area contributed by atoms with Gasteiger partial charge in [-0.1, -0.05) is 6.07 Å². The Kier molecular flexibility index (Phi) is 4.97. The van der Waals surface area contributed by atoms with Gasteiger partial charge in [-0.25, -0.2) is 13.1 Å². The van der Waals surface area contributed by atoms with Gasteiger partial charge in [0.2, 0.25) is 15.9 Å². The van der Waals surface area contributed by atoms with Gasteiger partial charge in [0.05, 0.1) is 4.90 Å². The third kappa shape index (κ3) is 4.03. The van der Waals surface area contributed by atoms with Crippen molar-refractivity contribution in [2.24, 2.45) is 11.7 Å². The van der Waals surface area contributed by atoms with Gasteiger partial charge in [-0.15, -0.1) is 0 Å². The lowest BCUT2D eigenvalue weighted by Gasteiger charge is -2.22. The van der Waals surface area contributed by atoms with Crippen LogP contribution in [0.1, 0.15) is 28.8 Å². The lowest BCUT2D eigenvalue weighted by atomic mass is 9.99. The number of primary amides is 1. The Bertz CT molecular complexity index is 622. The molecule has 1 amide bonds. The summed E-state index contributed by atoms with van der Waals surface area (Å²) in [6.07, 6.45) is 1.92. The summed E-state index contributed by atoms with van der Waals surface area (Å²) in [6.45, 7) is 3.98. The van der Waals surface area contributed by atoms with E-state index in [1.807, 2.05) is 0 Å². The highest BCUT2D eigenvalue weighted by Gasteiger charge is 2.20. The Balaban J connectivity index is 2.11. The summed E-state index contributed by atoms with van der Waals surface area (Å²) >= 11 is 0. The van der Waals surface area contributed by atoms with Crippen LogP contribution in [0.4, 0.5) is 0 Å². The third-order valence-electron chi connectivity index (χ3n) is 3.81. The Morgan fingerprint density at radius 2 is 2.05 bits per heavy atom. The van der Waals surface area contributed by atoms with Crippen molar-refractivity contribution in [3.63, 3.8) is 0 Å². The van der Waals surface area contributed by atoms with Gasteiger partial charge in [0.15, 0.2) is 0 Å². The van der Waals surface area contributed by atoms with Crippen molar-refractivity contribution in [2.75, 3.05) is 19.6 Å². The number of nitrogens with one attached hydrogen (secondary N) is 2. The molecular weight excluding hydrogens is 290 g/mol. The van der Waals surface area contributed by atoms with Crippen LogP contribution >= 0.6 is 0 Å². The van der Waals surface area contributed by atoms with Crippen LogP contribution < -0.4 is 15.8 Å². The number of aryl methyl sites for hydroxylation is 1. The number of carbonyl (C=O) groups is 1. The van der Waals surface area contributed by atoms with E-state index in [4.69, 9.17) is 5.73 Å². The predicted molar refractivity (Wildman–Crippen MR) is 80.5 cm³/mol. The molecule has 1 aromatic carbocycles. The number of rotatable bonds is 5. The number of hydrogen-bond donors (Lipinski definition) is 3. The molecule has 1 aromatic rings. The van der Waals surface area contributed by atoms with E-state index in [1.54, 1.807) is 13.0 Å². The smallest absolute Gasteiger partial charge is 0.249 e. The maximum atomic E-state index is 12.3. The SMILES string of the molecule is Cc1ccc(S(=O)(=O)NCC2CCNCC2)cc1C(N)=O. The highest BCUT2D eigenvalue weighted by Crippen LogP contribution is 2.16. The van der Waals surface area contributed by atoms with Gasteiger partial charge in [0.1, 0.15) is 0 Å². The average Bonchev–Trinajstić information content (AvgIpc) is 2.46. The fourth-order valence-electron chi connectivity index (χ4n) is 2.43. The molecular formula is C14H21N3O3S. The lowest BCUT2D eigenvalue weighted by molar-refractivity contribution is 0.0999. The van der Waals surface area contributed by atoms with Crippen LogP contribution in [-0.2, 0) is 10.0 Å². The van der Waals surface area contributed by atoms with Gasteiger partial charge in [0.25, 0.3) is 0 Å². The summed E-state index contributed by atoms with van der Waals surface area (Å²) in [7, 11) is -3.61. The second-order valence-corrected chi connectivity index (χ2v) is 7.15. The number of hydrogen-bond acceptors (Lipinski definition) is 4. The molecule has 0 aromatic heterocycles. The molecule has 0 spiro atoms. The van der Waals surface area contributed by atoms with Crippen molar-refractivity contribution in [3.8, 4) is 0 Å². The molecule has 0 unspecified atom stereocenters. The van der Waals surface area contributed by atoms with Gasteiger partial charge < -0.3 is 11.1 Å². The summed E-state index contributed by atoms with van der Waals surface area (Å²) in [4.78, 5) is 11.4. The van der Waals surface area contributed by atoms with Crippen LogP contribution in [0, 0.1) is 12.8 Å². The summed E-state index contributed by atoms with van der Waals surface area (Å²) in [5.74, 6) is -0.273. The van der Waals surface area contributed by atoms with E-state index in [9.17, 15) is 13.2 Å². The Morgan fingerprint density at radius 1 is 1.38 bits per heavy atom. The standard InChI is InChI=1S/C14H21N3O3S/c1-10-2-3-12(8-13(10)14(15)18)21(19,20)17-9-11-4-6-16-7-5-11/h2-3,8,11,16-17H,4-7,9H2,1H3,(H2,15,18). The molecule has 116 valence electrons. The normalized spacial score (nSPS) is 16.8. The average molecular weight is 311 g/mol. The summed E-state index contributed by atoms with van der Waals surface area (Å²) < 4.78 is 27.2. The molecule has 21 heavy (non-hydrogen) atoms. The highest BCUT2D eigenvalue weighted by molar-refractivity contribution is 7.89. The quantitative estimate of drug-likeness (QED) is 0.731. The summed E-state index contributed by atoms with van der Waals surface area (Å²) in [6, 6.07) is 4.42. The second-order valence-electron chi connectivity index (χ2n) is 5.39. The largest absolute Gasteiger partial charge is 0.366 e. The van der Waals surface area contributed by atoms with Gasteiger partial charge in [-0.3, -0.25) is 4.79 Å². The van der Waals surface area contributed by atoms with Gasteiger partial charge >= 0.3 is 0 Å². The van der Waals surface area contributed by atoms with Crippen LogP contribution in [0.3, 0.4) is 0 Å². The first-order valence-electron chi connectivity index (χ1n) is 7.01. The third-order valence-corrected chi connectivity index (χ3v) is 5.23. The van der Waals surface area contributed by atoms with Crippen molar-refractivity contribution in [1.29, 1.82) is 0 Å². The second kappa shape index (κ2) is 6.55. The van der Waals surface area contributed by atoms with Gasteiger partial charge in [0, 0.05) is 12.1 Å². The van der Waals surface area contributed by atoms with Crippen LogP contribution in [0.15, 0.2) is 23.1 Å². The molecule has 0 radical (unpaired) electrons. The van der Waals surface area contributed by atoms with Crippen LogP contribution in [-0.4, -0.2) is 34.0 Å². The van der Waals surface area contributed by atoms with Crippen LogP contribution in [0.2, 0.25) is 0 Å². The van der Waals surface area contributed by atoms with Crippen molar-refractivity contribution >= 4 is 15.9 Å². The summed E-state index contributed by atoms with van der Waals surface area (Å²) in [5.41, 5.74) is 6.16. The molecule has 7 heteroatoms. The molecule has 1 aliphatic heterocycles. The number of amides is 1. The van der Waals surface area contributed by atoms with Crippen LogP contribution in [0.5, 0.6) is 0 Å². The number of benzene rings is 1. The topological polar surface area (TPSA) is 101 Å². The first-order chi connectivity index (χ1) is 9.90. The monoisotopic (exact) mass is 311 g/mol. The molecule has 0 saturated carbocycles. The fraction of sp³-hybridized carbons (Fsp3) is 0.500. The first kappa shape index (κ1) is 15.9. The zero-order chi connectivity index (χ0) is 15.5. The number of piperidine rings is 1. The highest BCUT2D eigenvalue weighted by atomic mass is 32.2. The molecule has 1 saturated heterocycles. The van der Waals surface area contributed by atoms with Crippen LogP contribution in [0.25, 0.3) is 0 Å². The molecule has 6 nitrogen and oxygen atoms in total.